The highest BCUT2D eigenvalue weighted by Crippen LogP contribution is 2.38. The quantitative estimate of drug-likeness (QED) is 0.414. The van der Waals surface area contributed by atoms with Crippen LogP contribution in [-0.4, -0.2) is 59.3 Å². The highest BCUT2D eigenvalue weighted by molar-refractivity contribution is 5.87. The smallest absolute Gasteiger partial charge is 0.273 e. The lowest BCUT2D eigenvalue weighted by Crippen LogP contribution is -2.43. The minimum atomic E-state index is -3.28. The van der Waals surface area contributed by atoms with Crippen molar-refractivity contribution in [3.63, 3.8) is 0 Å². The summed E-state index contributed by atoms with van der Waals surface area (Å²) in [4.78, 5) is 15.9. The molecule has 2 saturated heterocycles. The van der Waals surface area contributed by atoms with Crippen molar-refractivity contribution in [1.82, 2.24) is 19.9 Å². The van der Waals surface area contributed by atoms with Gasteiger partial charge in [0.25, 0.3) is 5.92 Å². The van der Waals surface area contributed by atoms with Crippen LogP contribution in [0.4, 0.5) is 19.0 Å². The highest BCUT2D eigenvalue weighted by Gasteiger charge is 2.31. The third-order valence-electron chi connectivity index (χ3n) is 7.81. The maximum atomic E-state index is 15.0. The van der Waals surface area contributed by atoms with E-state index < -0.39 is 23.3 Å². The number of benzene rings is 1. The number of piperidine rings is 1. The van der Waals surface area contributed by atoms with E-state index in [0.29, 0.717) is 35.7 Å². The number of likely N-dealkylation sites (tertiary alicyclic amines) is 1. The predicted molar refractivity (Wildman–Crippen MR) is 139 cm³/mol. The number of nitrogens with zero attached hydrogens (tertiary/aromatic N) is 4. The largest absolute Gasteiger partial charge is 0.481 e. The SMILES string of the molecule is COc1nc2ncnc(N[C@H](C)c3cccc(C(C)(F)F)c3F)c2cc1C1CCN(C2CCOCC2)CC1. The van der Waals surface area contributed by atoms with E-state index in [2.05, 4.69) is 25.2 Å². The van der Waals surface area contributed by atoms with E-state index >= 15 is 4.39 Å². The predicted octanol–water partition coefficient (Wildman–Crippen LogP) is 5.82. The third kappa shape index (κ3) is 5.42. The fourth-order valence-electron chi connectivity index (χ4n) is 5.69. The molecule has 5 rings (SSSR count). The molecule has 204 valence electrons. The molecule has 0 amide bonds. The van der Waals surface area contributed by atoms with Crippen LogP contribution < -0.4 is 10.1 Å². The average Bonchev–Trinajstić information content (AvgIpc) is 2.92. The Bertz CT molecular complexity index is 1270. The van der Waals surface area contributed by atoms with Gasteiger partial charge in [-0.3, -0.25) is 0 Å². The van der Waals surface area contributed by atoms with Crippen molar-refractivity contribution in [2.45, 2.75) is 63.5 Å². The molecule has 0 bridgehead atoms. The molecular weight excluding hydrogens is 495 g/mol. The summed E-state index contributed by atoms with van der Waals surface area (Å²) in [5.41, 5.74) is 0.954. The zero-order valence-electron chi connectivity index (χ0n) is 22.0. The number of ether oxygens (including phenoxy) is 2. The Labute approximate surface area is 220 Å². The number of fused-ring (bicyclic) bond motifs is 1. The zero-order valence-corrected chi connectivity index (χ0v) is 22.0. The van der Waals surface area contributed by atoms with Crippen molar-refractivity contribution in [3.05, 3.63) is 53.1 Å². The molecule has 2 aromatic heterocycles. The van der Waals surface area contributed by atoms with Crippen molar-refractivity contribution >= 4 is 16.9 Å². The van der Waals surface area contributed by atoms with Gasteiger partial charge in [-0.2, -0.15) is 4.98 Å². The summed E-state index contributed by atoms with van der Waals surface area (Å²) in [5, 5.41) is 3.88. The number of hydrogen-bond acceptors (Lipinski definition) is 7. The Kier molecular flexibility index (Phi) is 7.72. The topological polar surface area (TPSA) is 72.4 Å². The number of alkyl halides is 2. The lowest BCUT2D eigenvalue weighted by molar-refractivity contribution is 0.0135. The standard InChI is InChI=1S/C28H34F3N5O2/c1-17(20-5-4-6-23(24(20)29)28(2,30)31)34-25-22-15-21(27(37-3)35-26(22)33-16-32-25)18-7-11-36(12-8-18)19-9-13-38-14-10-19/h4-6,15-19H,7-14H2,1-3H3,(H,32,33,34,35)/t17-/m1/s1. The van der Waals surface area contributed by atoms with Gasteiger partial charge in [0.15, 0.2) is 5.65 Å². The Morgan fingerprint density at radius 2 is 1.87 bits per heavy atom. The van der Waals surface area contributed by atoms with Crippen LogP contribution in [0, 0.1) is 5.82 Å². The van der Waals surface area contributed by atoms with E-state index in [9.17, 15) is 8.78 Å². The number of methoxy groups -OCH3 is 1. The van der Waals surface area contributed by atoms with Crippen LogP contribution in [0.25, 0.3) is 11.0 Å². The first-order valence-corrected chi connectivity index (χ1v) is 13.2. The van der Waals surface area contributed by atoms with Crippen molar-refractivity contribution < 1.29 is 22.6 Å². The average molecular weight is 530 g/mol. The molecular formula is C28H34F3N5O2. The molecule has 0 saturated carbocycles. The molecule has 10 heteroatoms. The Morgan fingerprint density at radius 3 is 2.55 bits per heavy atom. The minimum absolute atomic E-state index is 0.137. The van der Waals surface area contributed by atoms with Crippen LogP contribution in [0.5, 0.6) is 5.88 Å². The fraction of sp³-hybridized carbons (Fsp3) is 0.536. The number of anilines is 1. The summed E-state index contributed by atoms with van der Waals surface area (Å²) < 4.78 is 54.0. The number of hydrogen-bond donors (Lipinski definition) is 1. The molecule has 1 atom stereocenters. The molecule has 2 aliphatic rings. The van der Waals surface area contributed by atoms with Crippen LogP contribution in [-0.2, 0) is 10.7 Å². The van der Waals surface area contributed by atoms with Crippen LogP contribution in [0.15, 0.2) is 30.6 Å². The normalized spacial score (nSPS) is 19.0. The molecule has 0 unspecified atom stereocenters. The van der Waals surface area contributed by atoms with Gasteiger partial charge in [0.1, 0.15) is 18.0 Å². The van der Waals surface area contributed by atoms with Crippen LogP contribution in [0.2, 0.25) is 0 Å². The number of aromatic nitrogens is 3. The zero-order chi connectivity index (χ0) is 26.9. The Hall–Kier alpha value is -2.98. The van der Waals surface area contributed by atoms with Gasteiger partial charge in [0, 0.05) is 37.3 Å². The first-order chi connectivity index (χ1) is 18.3. The highest BCUT2D eigenvalue weighted by atomic mass is 19.3. The van der Waals surface area contributed by atoms with Gasteiger partial charge in [0.2, 0.25) is 5.88 Å². The molecule has 2 fully saturated rings. The van der Waals surface area contributed by atoms with Crippen molar-refractivity contribution in [1.29, 1.82) is 0 Å². The van der Waals surface area contributed by atoms with Crippen LogP contribution in [0.1, 0.15) is 68.2 Å². The van der Waals surface area contributed by atoms with Gasteiger partial charge < -0.3 is 19.7 Å². The van der Waals surface area contributed by atoms with Crippen molar-refractivity contribution in [2.24, 2.45) is 0 Å². The second-order valence-corrected chi connectivity index (χ2v) is 10.3. The molecule has 38 heavy (non-hydrogen) atoms. The van der Waals surface area contributed by atoms with Gasteiger partial charge in [-0.1, -0.05) is 18.2 Å². The lowest BCUT2D eigenvalue weighted by atomic mass is 9.88. The fourth-order valence-corrected chi connectivity index (χ4v) is 5.69. The molecule has 0 spiro atoms. The van der Waals surface area contributed by atoms with E-state index in [-0.39, 0.29) is 11.5 Å². The second kappa shape index (κ2) is 11.0. The second-order valence-electron chi connectivity index (χ2n) is 10.3. The number of rotatable bonds is 7. The van der Waals surface area contributed by atoms with E-state index in [1.165, 1.54) is 18.5 Å². The molecule has 1 aromatic carbocycles. The Balaban J connectivity index is 1.41. The van der Waals surface area contributed by atoms with Crippen molar-refractivity contribution in [3.8, 4) is 5.88 Å². The Morgan fingerprint density at radius 1 is 1.13 bits per heavy atom. The van der Waals surface area contributed by atoms with E-state index in [1.807, 2.05) is 6.07 Å². The van der Waals surface area contributed by atoms with Gasteiger partial charge in [0.05, 0.1) is 24.1 Å². The van der Waals surface area contributed by atoms with Crippen molar-refractivity contribution in [2.75, 3.05) is 38.7 Å². The molecule has 1 N–H and O–H groups in total. The third-order valence-corrected chi connectivity index (χ3v) is 7.81. The lowest BCUT2D eigenvalue weighted by Gasteiger charge is -2.39. The van der Waals surface area contributed by atoms with E-state index in [0.717, 1.165) is 63.6 Å². The maximum absolute atomic E-state index is 15.0. The molecule has 7 nitrogen and oxygen atoms in total. The van der Waals surface area contributed by atoms with Crippen LogP contribution >= 0.6 is 0 Å². The molecule has 2 aliphatic heterocycles. The summed E-state index contributed by atoms with van der Waals surface area (Å²) in [5.74, 6) is -2.92. The maximum Gasteiger partial charge on any atom is 0.273 e. The molecule has 4 heterocycles. The number of nitrogens with one attached hydrogen (secondary N) is 1. The summed E-state index contributed by atoms with van der Waals surface area (Å²) in [6.07, 6.45) is 5.50. The van der Waals surface area contributed by atoms with Gasteiger partial charge >= 0.3 is 0 Å². The van der Waals surface area contributed by atoms with Gasteiger partial charge in [-0.05, 0) is 57.7 Å². The summed E-state index contributed by atoms with van der Waals surface area (Å²) in [7, 11) is 1.61. The summed E-state index contributed by atoms with van der Waals surface area (Å²) in [6, 6.07) is 6.03. The number of pyridine rings is 1. The summed E-state index contributed by atoms with van der Waals surface area (Å²) in [6.45, 7) is 6.07. The first kappa shape index (κ1) is 26.6. The van der Waals surface area contributed by atoms with Gasteiger partial charge in [-0.25, -0.2) is 23.1 Å². The van der Waals surface area contributed by atoms with Crippen LogP contribution in [0.3, 0.4) is 0 Å². The van der Waals surface area contributed by atoms with E-state index in [4.69, 9.17) is 9.47 Å². The summed E-state index contributed by atoms with van der Waals surface area (Å²) >= 11 is 0. The monoisotopic (exact) mass is 529 g/mol. The van der Waals surface area contributed by atoms with Gasteiger partial charge in [-0.15, -0.1) is 0 Å². The number of halogens is 3. The molecule has 0 radical (unpaired) electrons. The molecule has 3 aromatic rings. The minimum Gasteiger partial charge on any atom is -0.481 e. The molecule has 0 aliphatic carbocycles. The van der Waals surface area contributed by atoms with E-state index in [1.54, 1.807) is 14.0 Å². The first-order valence-electron chi connectivity index (χ1n) is 13.2.